The number of benzene rings is 2. The summed E-state index contributed by atoms with van der Waals surface area (Å²) in [6.45, 7) is 3.53. The molecule has 2 unspecified atom stereocenters. The summed E-state index contributed by atoms with van der Waals surface area (Å²) in [5, 5.41) is 4.76. The maximum Gasteiger partial charge on any atom is 0.241 e. The molecule has 0 radical (unpaired) electrons. The highest BCUT2D eigenvalue weighted by atomic mass is 35.5. The molecule has 9 heteroatoms. The van der Waals surface area contributed by atoms with Crippen molar-refractivity contribution < 1.29 is 13.2 Å². The van der Waals surface area contributed by atoms with Crippen LogP contribution in [0.5, 0.6) is 0 Å². The molecule has 1 saturated heterocycles. The number of fused-ring (bicyclic) bond motifs is 1. The van der Waals surface area contributed by atoms with Gasteiger partial charge in [-0.1, -0.05) is 37.1 Å². The minimum atomic E-state index is -3.90. The van der Waals surface area contributed by atoms with Gasteiger partial charge in [0.2, 0.25) is 15.9 Å². The predicted molar refractivity (Wildman–Crippen MR) is 147 cm³/mol. The minimum absolute atomic E-state index is 0. The molecule has 2 N–H and O–H groups in total. The highest BCUT2D eigenvalue weighted by molar-refractivity contribution is 7.89. The maximum atomic E-state index is 13.6. The Bertz CT molecular complexity index is 1070. The van der Waals surface area contributed by atoms with E-state index in [0.717, 1.165) is 49.6 Å². The van der Waals surface area contributed by atoms with Gasteiger partial charge in [0.15, 0.2) is 0 Å². The molecule has 0 spiro atoms. The van der Waals surface area contributed by atoms with E-state index in [1.165, 1.54) is 0 Å². The van der Waals surface area contributed by atoms with E-state index in [4.69, 9.17) is 0 Å². The summed E-state index contributed by atoms with van der Waals surface area (Å²) in [6.07, 6.45) is 6.28. The zero-order chi connectivity index (χ0) is 24.7. The number of carbonyl (C=O) groups is 1. The van der Waals surface area contributed by atoms with Crippen molar-refractivity contribution in [1.82, 2.24) is 14.9 Å². The molecule has 0 saturated carbocycles. The third-order valence-electron chi connectivity index (χ3n) is 6.77. The van der Waals surface area contributed by atoms with Crippen molar-refractivity contribution in [2.45, 2.75) is 68.8 Å². The number of anilines is 1. The van der Waals surface area contributed by atoms with Gasteiger partial charge in [-0.15, -0.1) is 12.4 Å². The summed E-state index contributed by atoms with van der Waals surface area (Å²) < 4.78 is 30.0. The molecule has 35 heavy (non-hydrogen) atoms. The molecule has 7 nitrogen and oxygen atoms in total. The number of nitrogens with one attached hydrogen (secondary N) is 2. The van der Waals surface area contributed by atoms with Crippen LogP contribution in [0.25, 0.3) is 10.8 Å². The SMILES string of the molecule is CNC(C)CCCCC(NS(=O)(=O)c1cccc2c(N(C)C)cccc12)C(=O)N1CCCCC1.Cl. The lowest BCUT2D eigenvalue weighted by Crippen LogP contribution is -2.49. The van der Waals surface area contributed by atoms with Crippen LogP contribution >= 0.6 is 12.4 Å². The molecule has 1 fully saturated rings. The number of piperidine rings is 1. The summed E-state index contributed by atoms with van der Waals surface area (Å²) in [5.74, 6) is -0.0980. The fourth-order valence-corrected chi connectivity index (χ4v) is 6.10. The summed E-state index contributed by atoms with van der Waals surface area (Å²) in [7, 11) is 1.92. The lowest BCUT2D eigenvalue weighted by atomic mass is 10.0. The molecule has 1 amide bonds. The summed E-state index contributed by atoms with van der Waals surface area (Å²) >= 11 is 0. The van der Waals surface area contributed by atoms with Crippen LogP contribution in [0.4, 0.5) is 5.69 Å². The number of unbranched alkanes of at least 4 members (excludes halogenated alkanes) is 1. The van der Waals surface area contributed by atoms with E-state index in [-0.39, 0.29) is 23.2 Å². The van der Waals surface area contributed by atoms with Gasteiger partial charge in [-0.3, -0.25) is 4.79 Å². The summed E-state index contributed by atoms with van der Waals surface area (Å²) in [5.41, 5.74) is 0.953. The van der Waals surface area contributed by atoms with Crippen LogP contribution in [0.15, 0.2) is 41.3 Å². The monoisotopic (exact) mass is 524 g/mol. The van der Waals surface area contributed by atoms with Crippen molar-refractivity contribution in [1.29, 1.82) is 0 Å². The highest BCUT2D eigenvalue weighted by Crippen LogP contribution is 2.30. The Morgan fingerprint density at radius 1 is 1.00 bits per heavy atom. The molecular weight excluding hydrogens is 484 g/mol. The summed E-state index contributed by atoms with van der Waals surface area (Å²) in [4.78, 5) is 17.4. The van der Waals surface area contributed by atoms with Gasteiger partial charge in [0, 0.05) is 49.7 Å². The smallest absolute Gasteiger partial charge is 0.241 e. The average molecular weight is 525 g/mol. The van der Waals surface area contributed by atoms with Crippen molar-refractivity contribution in [3.05, 3.63) is 36.4 Å². The van der Waals surface area contributed by atoms with Gasteiger partial charge < -0.3 is 15.1 Å². The lowest BCUT2D eigenvalue weighted by Gasteiger charge is -2.31. The van der Waals surface area contributed by atoms with Crippen LogP contribution in [-0.2, 0) is 14.8 Å². The first-order valence-electron chi connectivity index (χ1n) is 12.4. The maximum absolute atomic E-state index is 13.6. The number of halogens is 1. The van der Waals surface area contributed by atoms with Crippen molar-refractivity contribution in [2.24, 2.45) is 0 Å². The number of carbonyl (C=O) groups excluding carboxylic acids is 1. The third kappa shape index (κ3) is 7.56. The van der Waals surface area contributed by atoms with Crippen molar-refractivity contribution in [3.8, 4) is 0 Å². The molecule has 0 aromatic heterocycles. The number of nitrogens with zero attached hydrogens (tertiary/aromatic N) is 2. The Kier molecular flexibility index (Phi) is 11.3. The van der Waals surface area contributed by atoms with E-state index < -0.39 is 16.1 Å². The van der Waals surface area contributed by atoms with Crippen LogP contribution in [0.1, 0.15) is 51.9 Å². The van der Waals surface area contributed by atoms with Gasteiger partial charge in [-0.25, -0.2) is 8.42 Å². The Morgan fingerprint density at radius 3 is 2.29 bits per heavy atom. The molecular formula is C26H41ClN4O3S. The third-order valence-corrected chi connectivity index (χ3v) is 8.30. The lowest BCUT2D eigenvalue weighted by molar-refractivity contribution is -0.134. The van der Waals surface area contributed by atoms with Crippen molar-refractivity contribution >= 4 is 44.8 Å². The normalized spacial score (nSPS) is 15.9. The first-order valence-corrected chi connectivity index (χ1v) is 13.9. The molecule has 196 valence electrons. The Labute approximate surface area is 217 Å². The van der Waals surface area contributed by atoms with Gasteiger partial charge >= 0.3 is 0 Å². The quantitative estimate of drug-likeness (QED) is 0.431. The standard InChI is InChI=1S/C26H40N4O3S.ClH/c1-20(27-2)12-6-7-15-23(26(31)30-18-8-5-9-19-30)28-34(32,33)25-17-11-13-21-22(25)14-10-16-24(21)29(3)4;/h10-11,13-14,16-17,20,23,27-28H,5-9,12,15,18-19H2,1-4H3;1H. The van der Waals surface area contributed by atoms with E-state index in [9.17, 15) is 13.2 Å². The minimum Gasteiger partial charge on any atom is -0.377 e. The first kappa shape index (κ1) is 29.4. The summed E-state index contributed by atoms with van der Waals surface area (Å²) in [6, 6.07) is 10.7. The molecule has 3 rings (SSSR count). The second-order valence-electron chi connectivity index (χ2n) is 9.56. The predicted octanol–water partition coefficient (Wildman–Crippen LogP) is 4.16. The molecule has 1 aliphatic heterocycles. The number of amides is 1. The van der Waals surface area contributed by atoms with Gasteiger partial charge in [-0.05, 0) is 58.2 Å². The molecule has 0 aliphatic carbocycles. The molecule has 1 aliphatic rings. The Balaban J connectivity index is 0.00000432. The molecule has 2 atom stereocenters. The van der Waals surface area contributed by atoms with Gasteiger partial charge in [0.25, 0.3) is 0 Å². The fourth-order valence-electron chi connectivity index (χ4n) is 4.65. The largest absolute Gasteiger partial charge is 0.377 e. The number of hydrogen-bond acceptors (Lipinski definition) is 5. The number of rotatable bonds is 11. The van der Waals surface area contributed by atoms with Crippen LogP contribution in [0.2, 0.25) is 0 Å². The number of sulfonamides is 1. The van der Waals surface area contributed by atoms with E-state index >= 15 is 0 Å². The topological polar surface area (TPSA) is 81.7 Å². The zero-order valence-electron chi connectivity index (χ0n) is 21.4. The molecule has 2 aromatic carbocycles. The molecule has 1 heterocycles. The number of hydrogen-bond donors (Lipinski definition) is 2. The van der Waals surface area contributed by atoms with E-state index in [1.807, 2.05) is 55.2 Å². The van der Waals surface area contributed by atoms with Crippen LogP contribution < -0.4 is 14.9 Å². The van der Waals surface area contributed by atoms with E-state index in [2.05, 4.69) is 17.0 Å². The zero-order valence-corrected chi connectivity index (χ0v) is 23.1. The first-order chi connectivity index (χ1) is 16.2. The second-order valence-corrected chi connectivity index (χ2v) is 11.2. The van der Waals surface area contributed by atoms with Gasteiger partial charge in [0.05, 0.1) is 4.90 Å². The Hall–Kier alpha value is -1.87. The second kappa shape index (κ2) is 13.4. The van der Waals surface area contributed by atoms with Crippen LogP contribution in [0.3, 0.4) is 0 Å². The molecule has 2 aromatic rings. The van der Waals surface area contributed by atoms with Crippen LogP contribution in [-0.4, -0.2) is 65.5 Å². The van der Waals surface area contributed by atoms with Crippen molar-refractivity contribution in [2.75, 3.05) is 39.1 Å². The Morgan fingerprint density at radius 2 is 1.63 bits per heavy atom. The van der Waals surface area contributed by atoms with Crippen LogP contribution in [0, 0.1) is 0 Å². The van der Waals surface area contributed by atoms with E-state index in [0.29, 0.717) is 30.9 Å². The fraction of sp³-hybridized carbons (Fsp3) is 0.577. The molecule has 0 bridgehead atoms. The number of likely N-dealkylation sites (tertiary alicyclic amines) is 1. The van der Waals surface area contributed by atoms with Crippen molar-refractivity contribution in [3.63, 3.8) is 0 Å². The van der Waals surface area contributed by atoms with E-state index in [1.54, 1.807) is 12.1 Å². The van der Waals surface area contributed by atoms with Gasteiger partial charge in [-0.2, -0.15) is 4.72 Å². The average Bonchev–Trinajstić information content (AvgIpc) is 2.84. The van der Waals surface area contributed by atoms with Gasteiger partial charge in [0.1, 0.15) is 6.04 Å². The highest BCUT2D eigenvalue weighted by Gasteiger charge is 2.30.